The highest BCUT2D eigenvalue weighted by molar-refractivity contribution is 7.98. The van der Waals surface area contributed by atoms with Gasteiger partial charge in [-0.1, -0.05) is 24.4 Å². The molecule has 1 aliphatic rings. The average Bonchev–Trinajstić information content (AvgIpc) is 2.88. The molecule has 0 saturated heterocycles. The third-order valence-corrected chi connectivity index (χ3v) is 4.80. The molecule has 3 N–H and O–H groups in total. The molecule has 3 nitrogen and oxygen atoms in total. The molecule has 0 aliphatic heterocycles. The Morgan fingerprint density at radius 1 is 1.47 bits per heavy atom. The van der Waals surface area contributed by atoms with E-state index in [0.717, 1.165) is 30.6 Å². The van der Waals surface area contributed by atoms with Crippen LogP contribution in [0.15, 0.2) is 23.1 Å². The largest absolute Gasteiger partial charge is 0.345 e. The number of nitrogens with two attached hydrogens (primary N) is 1. The van der Waals surface area contributed by atoms with Crippen molar-refractivity contribution in [1.82, 2.24) is 5.32 Å². The fourth-order valence-corrected chi connectivity index (χ4v) is 3.19. The number of hydrogen-bond donors (Lipinski definition) is 2. The van der Waals surface area contributed by atoms with Crippen molar-refractivity contribution >= 4 is 29.3 Å². The van der Waals surface area contributed by atoms with Gasteiger partial charge < -0.3 is 11.1 Å². The van der Waals surface area contributed by atoms with Gasteiger partial charge in [0.25, 0.3) is 5.91 Å². The Kier molecular flexibility index (Phi) is 4.76. The lowest BCUT2D eigenvalue weighted by molar-refractivity contribution is 0.0903. The molecule has 19 heavy (non-hydrogen) atoms. The van der Waals surface area contributed by atoms with Gasteiger partial charge >= 0.3 is 0 Å². The summed E-state index contributed by atoms with van der Waals surface area (Å²) in [6, 6.07) is 5.52. The van der Waals surface area contributed by atoms with Crippen molar-refractivity contribution in [1.29, 1.82) is 0 Å². The van der Waals surface area contributed by atoms with E-state index >= 15 is 0 Å². The zero-order valence-electron chi connectivity index (χ0n) is 11.0. The number of benzene rings is 1. The van der Waals surface area contributed by atoms with Crippen LogP contribution in [0.3, 0.4) is 0 Å². The minimum Gasteiger partial charge on any atom is -0.345 e. The van der Waals surface area contributed by atoms with E-state index in [4.69, 9.17) is 17.3 Å². The number of carbonyl (C=O) groups excluding carboxylic acids is 1. The highest BCUT2D eigenvalue weighted by Crippen LogP contribution is 2.30. The van der Waals surface area contributed by atoms with Crippen LogP contribution in [0.4, 0.5) is 0 Å². The first-order valence-corrected chi connectivity index (χ1v) is 8.07. The van der Waals surface area contributed by atoms with Crippen LogP contribution in [-0.4, -0.2) is 24.2 Å². The van der Waals surface area contributed by atoms with E-state index in [1.165, 1.54) is 0 Å². The maximum atomic E-state index is 12.4. The van der Waals surface area contributed by atoms with Gasteiger partial charge in [0, 0.05) is 11.4 Å². The number of halogens is 1. The van der Waals surface area contributed by atoms with Crippen molar-refractivity contribution < 1.29 is 4.79 Å². The lowest BCUT2D eigenvalue weighted by Gasteiger charge is -2.29. The highest BCUT2D eigenvalue weighted by atomic mass is 35.5. The minimum atomic E-state index is -0.240. The Balaban J connectivity index is 2.19. The summed E-state index contributed by atoms with van der Waals surface area (Å²) >= 11 is 7.71. The molecule has 0 unspecified atom stereocenters. The maximum absolute atomic E-state index is 12.4. The van der Waals surface area contributed by atoms with E-state index in [2.05, 4.69) is 5.32 Å². The van der Waals surface area contributed by atoms with Crippen molar-refractivity contribution in [3.63, 3.8) is 0 Å². The van der Waals surface area contributed by atoms with E-state index in [0.29, 0.717) is 17.1 Å². The number of rotatable bonds is 4. The molecule has 1 aliphatic carbocycles. The lowest BCUT2D eigenvalue weighted by Crippen LogP contribution is -2.51. The molecule has 2 rings (SSSR count). The molecule has 5 heteroatoms. The van der Waals surface area contributed by atoms with Crippen LogP contribution in [-0.2, 0) is 0 Å². The molecule has 1 aromatic rings. The molecule has 0 spiro atoms. The predicted molar refractivity (Wildman–Crippen MR) is 81.0 cm³/mol. The summed E-state index contributed by atoms with van der Waals surface area (Å²) in [7, 11) is 0. The Morgan fingerprint density at radius 2 is 2.16 bits per heavy atom. The first-order valence-electron chi connectivity index (χ1n) is 6.46. The second-order valence-corrected chi connectivity index (χ2v) is 6.28. The zero-order chi connectivity index (χ0) is 13.9. The molecule has 0 atom stereocenters. The molecule has 1 aromatic carbocycles. The Morgan fingerprint density at radius 3 is 2.74 bits per heavy atom. The minimum absolute atomic E-state index is 0.117. The molecule has 0 radical (unpaired) electrons. The first kappa shape index (κ1) is 14.7. The van der Waals surface area contributed by atoms with Gasteiger partial charge in [0.2, 0.25) is 0 Å². The van der Waals surface area contributed by atoms with Crippen LogP contribution in [0.1, 0.15) is 36.0 Å². The molecular weight excluding hydrogens is 280 g/mol. The summed E-state index contributed by atoms with van der Waals surface area (Å²) in [6.45, 7) is 0.485. The van der Waals surface area contributed by atoms with Crippen LogP contribution in [0, 0.1) is 0 Å². The number of hydrogen-bond acceptors (Lipinski definition) is 3. The summed E-state index contributed by atoms with van der Waals surface area (Å²) in [5.74, 6) is -0.117. The lowest BCUT2D eigenvalue weighted by atomic mass is 9.97. The second kappa shape index (κ2) is 6.16. The molecular formula is C14H19ClN2OS. The molecule has 1 fully saturated rings. The van der Waals surface area contributed by atoms with Crippen molar-refractivity contribution in [3.05, 3.63) is 28.8 Å². The van der Waals surface area contributed by atoms with Gasteiger partial charge in [0.05, 0.1) is 16.1 Å². The number of carbonyl (C=O) groups is 1. The smallest absolute Gasteiger partial charge is 0.253 e. The highest BCUT2D eigenvalue weighted by Gasteiger charge is 2.34. The third kappa shape index (κ3) is 3.25. The topological polar surface area (TPSA) is 55.1 Å². The van der Waals surface area contributed by atoms with E-state index in [9.17, 15) is 4.79 Å². The fourth-order valence-electron chi connectivity index (χ4n) is 2.55. The standard InChI is InChI=1S/C14H19ClN2OS/c1-19-10-4-5-12(15)11(8-10)13(18)17-14(9-16)6-2-3-7-14/h4-5,8H,2-3,6-7,9,16H2,1H3,(H,17,18). The van der Waals surface area contributed by atoms with Gasteiger partial charge in [0.15, 0.2) is 0 Å². The molecule has 1 amide bonds. The summed E-state index contributed by atoms with van der Waals surface area (Å²) < 4.78 is 0. The van der Waals surface area contributed by atoms with Gasteiger partial charge in [-0.15, -0.1) is 11.8 Å². The van der Waals surface area contributed by atoms with Crippen molar-refractivity contribution in [2.45, 2.75) is 36.1 Å². The van der Waals surface area contributed by atoms with Gasteiger partial charge in [0.1, 0.15) is 0 Å². The van der Waals surface area contributed by atoms with Crippen molar-refractivity contribution in [2.24, 2.45) is 5.73 Å². The van der Waals surface area contributed by atoms with Crippen LogP contribution in [0.25, 0.3) is 0 Å². The third-order valence-electron chi connectivity index (χ3n) is 3.75. The first-order chi connectivity index (χ1) is 9.10. The second-order valence-electron chi connectivity index (χ2n) is 4.99. The molecule has 104 valence electrons. The van der Waals surface area contributed by atoms with Gasteiger partial charge in [-0.25, -0.2) is 0 Å². The Bertz CT molecular complexity index is 473. The quantitative estimate of drug-likeness (QED) is 0.840. The molecule has 0 bridgehead atoms. The monoisotopic (exact) mass is 298 g/mol. The summed E-state index contributed by atoms with van der Waals surface area (Å²) in [6.07, 6.45) is 6.12. The summed E-state index contributed by atoms with van der Waals surface area (Å²) in [4.78, 5) is 13.4. The van der Waals surface area contributed by atoms with E-state index < -0.39 is 0 Å². The van der Waals surface area contributed by atoms with E-state index in [-0.39, 0.29) is 11.4 Å². The normalized spacial score (nSPS) is 17.4. The number of thioether (sulfide) groups is 1. The zero-order valence-corrected chi connectivity index (χ0v) is 12.6. The van der Waals surface area contributed by atoms with Crippen molar-refractivity contribution in [2.75, 3.05) is 12.8 Å². The van der Waals surface area contributed by atoms with Gasteiger partial charge in [-0.3, -0.25) is 4.79 Å². The molecule has 1 saturated carbocycles. The van der Waals surface area contributed by atoms with Crippen LogP contribution >= 0.6 is 23.4 Å². The van der Waals surface area contributed by atoms with Crippen LogP contribution < -0.4 is 11.1 Å². The van der Waals surface area contributed by atoms with Gasteiger partial charge in [-0.05, 0) is 37.3 Å². The van der Waals surface area contributed by atoms with Crippen LogP contribution in [0.2, 0.25) is 5.02 Å². The fraction of sp³-hybridized carbons (Fsp3) is 0.500. The molecule has 0 heterocycles. The average molecular weight is 299 g/mol. The summed E-state index contributed by atoms with van der Waals surface area (Å²) in [5.41, 5.74) is 6.13. The maximum Gasteiger partial charge on any atom is 0.253 e. The predicted octanol–water partition coefficient (Wildman–Crippen LogP) is 3.06. The van der Waals surface area contributed by atoms with Crippen molar-refractivity contribution in [3.8, 4) is 0 Å². The van der Waals surface area contributed by atoms with Gasteiger partial charge in [-0.2, -0.15) is 0 Å². The number of amides is 1. The number of nitrogens with one attached hydrogen (secondary N) is 1. The Hall–Kier alpha value is -0.710. The van der Waals surface area contributed by atoms with Crippen LogP contribution in [0.5, 0.6) is 0 Å². The van der Waals surface area contributed by atoms with E-state index in [1.807, 2.05) is 18.4 Å². The molecule has 0 aromatic heterocycles. The summed E-state index contributed by atoms with van der Waals surface area (Å²) in [5, 5.41) is 3.58. The SMILES string of the molecule is CSc1ccc(Cl)c(C(=O)NC2(CN)CCCC2)c1. The van der Waals surface area contributed by atoms with E-state index in [1.54, 1.807) is 17.8 Å². The Labute approximate surface area is 123 Å².